The van der Waals surface area contributed by atoms with E-state index in [1.165, 1.54) is 5.56 Å². The van der Waals surface area contributed by atoms with Crippen LogP contribution in [-0.2, 0) is 11.2 Å². The van der Waals surface area contributed by atoms with Crippen molar-refractivity contribution in [3.05, 3.63) is 60.7 Å². The first kappa shape index (κ1) is 21.2. The molecule has 25 heavy (non-hydrogen) atoms. The Kier molecular flexibility index (Phi) is 10.6. The molecule has 0 radical (unpaired) electrons. The summed E-state index contributed by atoms with van der Waals surface area (Å²) in [5, 5.41) is 12.4. The summed E-state index contributed by atoms with van der Waals surface area (Å²) in [6.07, 6.45) is 10.0. The molecule has 0 heterocycles. The Labute approximate surface area is 152 Å². The number of aliphatic hydroxyl groups is 1. The van der Waals surface area contributed by atoms with Crippen molar-refractivity contribution in [3.63, 3.8) is 0 Å². The fraction of sp³-hybridized carbons (Fsp3) is 0.500. The number of amides is 1. The lowest BCUT2D eigenvalue weighted by Crippen LogP contribution is -2.42. The Morgan fingerprint density at radius 3 is 2.60 bits per heavy atom. The zero-order valence-electron chi connectivity index (χ0n) is 15.7. The number of aliphatic hydroxyl groups excluding tert-OH is 1. The summed E-state index contributed by atoms with van der Waals surface area (Å²) in [5.41, 5.74) is 1.32. The molecule has 1 rings (SSSR count). The van der Waals surface area contributed by atoms with Crippen molar-refractivity contribution < 1.29 is 9.90 Å². The SMILES string of the molecule is C=C/C=C\CC(C)[C@H](CCO)NC(=O)[C@H](C)CCCc1ccccc1. The Morgan fingerprint density at radius 1 is 1.24 bits per heavy atom. The summed E-state index contributed by atoms with van der Waals surface area (Å²) >= 11 is 0. The first-order chi connectivity index (χ1) is 12.1. The number of aryl methyl sites for hydroxylation is 1. The van der Waals surface area contributed by atoms with Crippen LogP contribution in [0.15, 0.2) is 55.1 Å². The second kappa shape index (κ2) is 12.5. The van der Waals surface area contributed by atoms with Gasteiger partial charge in [-0.15, -0.1) is 0 Å². The average Bonchev–Trinajstić information content (AvgIpc) is 2.62. The van der Waals surface area contributed by atoms with Gasteiger partial charge in [0.25, 0.3) is 0 Å². The van der Waals surface area contributed by atoms with Gasteiger partial charge in [0.1, 0.15) is 0 Å². The molecule has 0 saturated carbocycles. The number of nitrogens with one attached hydrogen (secondary N) is 1. The second-order valence-corrected chi connectivity index (χ2v) is 6.78. The molecule has 1 amide bonds. The van der Waals surface area contributed by atoms with Crippen molar-refractivity contribution in [2.45, 2.75) is 52.0 Å². The number of carbonyl (C=O) groups excluding carboxylic acids is 1. The fourth-order valence-corrected chi connectivity index (χ4v) is 2.90. The summed E-state index contributed by atoms with van der Waals surface area (Å²) in [6, 6.07) is 10.4. The van der Waals surface area contributed by atoms with Crippen LogP contribution in [0.3, 0.4) is 0 Å². The van der Waals surface area contributed by atoms with Gasteiger partial charge < -0.3 is 10.4 Å². The summed E-state index contributed by atoms with van der Waals surface area (Å²) in [6.45, 7) is 7.84. The minimum Gasteiger partial charge on any atom is -0.396 e. The molecule has 1 aromatic carbocycles. The molecule has 0 aliphatic rings. The number of hydrogen-bond donors (Lipinski definition) is 2. The van der Waals surface area contributed by atoms with Crippen LogP contribution in [-0.4, -0.2) is 23.7 Å². The van der Waals surface area contributed by atoms with Crippen molar-refractivity contribution in [2.24, 2.45) is 11.8 Å². The van der Waals surface area contributed by atoms with E-state index in [1.807, 2.05) is 31.2 Å². The predicted octanol–water partition coefficient (Wildman–Crippen LogP) is 4.28. The minimum absolute atomic E-state index is 0.00328. The van der Waals surface area contributed by atoms with E-state index < -0.39 is 0 Å². The molecule has 3 heteroatoms. The maximum atomic E-state index is 12.5. The highest BCUT2D eigenvalue weighted by Crippen LogP contribution is 2.15. The van der Waals surface area contributed by atoms with Crippen molar-refractivity contribution in [1.29, 1.82) is 0 Å². The van der Waals surface area contributed by atoms with E-state index in [9.17, 15) is 9.90 Å². The number of allylic oxidation sites excluding steroid dienone is 3. The summed E-state index contributed by atoms with van der Waals surface area (Å²) in [5.74, 6) is 0.357. The van der Waals surface area contributed by atoms with Crippen molar-refractivity contribution >= 4 is 5.91 Å². The summed E-state index contributed by atoms with van der Waals surface area (Å²) < 4.78 is 0. The Hall–Kier alpha value is -1.87. The Bertz CT molecular complexity index is 524. The molecule has 138 valence electrons. The normalized spacial score (nSPS) is 14.8. The molecule has 0 bridgehead atoms. The maximum Gasteiger partial charge on any atom is 0.223 e. The highest BCUT2D eigenvalue weighted by molar-refractivity contribution is 5.78. The largest absolute Gasteiger partial charge is 0.396 e. The molecule has 3 nitrogen and oxygen atoms in total. The third-order valence-electron chi connectivity index (χ3n) is 4.63. The topological polar surface area (TPSA) is 49.3 Å². The van der Waals surface area contributed by atoms with Gasteiger partial charge in [-0.1, -0.05) is 69.0 Å². The molecular weight excluding hydrogens is 310 g/mol. The van der Waals surface area contributed by atoms with Gasteiger partial charge in [-0.2, -0.15) is 0 Å². The fourth-order valence-electron chi connectivity index (χ4n) is 2.90. The van der Waals surface area contributed by atoms with Crippen LogP contribution in [0.25, 0.3) is 0 Å². The van der Waals surface area contributed by atoms with Gasteiger partial charge in [-0.3, -0.25) is 4.79 Å². The molecule has 3 atom stereocenters. The van der Waals surface area contributed by atoms with E-state index in [4.69, 9.17) is 0 Å². The molecule has 1 aromatic rings. The van der Waals surface area contributed by atoms with Gasteiger partial charge in [0, 0.05) is 18.6 Å². The minimum atomic E-state index is -0.0131. The van der Waals surface area contributed by atoms with E-state index in [1.54, 1.807) is 6.08 Å². The highest BCUT2D eigenvalue weighted by Gasteiger charge is 2.21. The number of rotatable bonds is 12. The van der Waals surface area contributed by atoms with Gasteiger partial charge in [0.15, 0.2) is 0 Å². The quantitative estimate of drug-likeness (QED) is 0.557. The smallest absolute Gasteiger partial charge is 0.223 e. The van der Waals surface area contributed by atoms with E-state index in [0.717, 1.165) is 25.7 Å². The number of benzene rings is 1. The molecule has 0 spiro atoms. The van der Waals surface area contributed by atoms with Crippen LogP contribution in [0.4, 0.5) is 0 Å². The summed E-state index contributed by atoms with van der Waals surface area (Å²) in [7, 11) is 0. The van der Waals surface area contributed by atoms with E-state index >= 15 is 0 Å². The number of carbonyl (C=O) groups is 1. The van der Waals surface area contributed by atoms with Crippen molar-refractivity contribution in [3.8, 4) is 0 Å². The first-order valence-corrected chi connectivity index (χ1v) is 9.31. The van der Waals surface area contributed by atoms with Crippen LogP contribution < -0.4 is 5.32 Å². The zero-order chi connectivity index (χ0) is 18.5. The second-order valence-electron chi connectivity index (χ2n) is 6.78. The number of hydrogen-bond acceptors (Lipinski definition) is 2. The van der Waals surface area contributed by atoms with Crippen LogP contribution in [0.5, 0.6) is 0 Å². The maximum absolute atomic E-state index is 12.5. The third-order valence-corrected chi connectivity index (χ3v) is 4.63. The van der Waals surface area contributed by atoms with Crippen LogP contribution in [0.1, 0.15) is 45.1 Å². The lowest BCUT2D eigenvalue weighted by Gasteiger charge is -2.25. The highest BCUT2D eigenvalue weighted by atomic mass is 16.3. The molecule has 0 aliphatic heterocycles. The zero-order valence-corrected chi connectivity index (χ0v) is 15.7. The molecule has 1 unspecified atom stereocenters. The molecular formula is C22H33NO2. The molecule has 0 aliphatic carbocycles. The Balaban J connectivity index is 2.43. The van der Waals surface area contributed by atoms with Crippen LogP contribution >= 0.6 is 0 Å². The van der Waals surface area contributed by atoms with Gasteiger partial charge in [-0.05, 0) is 43.6 Å². The lowest BCUT2D eigenvalue weighted by atomic mass is 9.94. The molecule has 0 saturated heterocycles. The van der Waals surface area contributed by atoms with Crippen molar-refractivity contribution in [1.82, 2.24) is 5.32 Å². The standard InChI is InChI=1S/C22H33NO2/c1-4-5-7-11-18(2)21(16-17-24)23-22(25)19(3)12-10-15-20-13-8-6-9-14-20/h4-9,13-14,18-19,21,24H,1,10-12,15-17H2,2-3H3,(H,23,25)/b7-5-/t18?,19-,21+/m1/s1. The van der Waals surface area contributed by atoms with Gasteiger partial charge in [0.05, 0.1) is 0 Å². The summed E-state index contributed by atoms with van der Waals surface area (Å²) in [4.78, 5) is 12.5. The van der Waals surface area contributed by atoms with Gasteiger partial charge in [-0.25, -0.2) is 0 Å². The molecule has 0 fully saturated rings. The van der Waals surface area contributed by atoms with E-state index in [-0.39, 0.29) is 30.4 Å². The molecule has 0 aromatic heterocycles. The Morgan fingerprint density at radius 2 is 1.96 bits per heavy atom. The van der Waals surface area contributed by atoms with E-state index in [0.29, 0.717) is 6.42 Å². The van der Waals surface area contributed by atoms with Gasteiger partial charge in [0.2, 0.25) is 5.91 Å². The third kappa shape index (κ3) is 8.69. The first-order valence-electron chi connectivity index (χ1n) is 9.31. The van der Waals surface area contributed by atoms with Crippen LogP contribution in [0.2, 0.25) is 0 Å². The average molecular weight is 344 g/mol. The molecule has 2 N–H and O–H groups in total. The predicted molar refractivity (Wildman–Crippen MR) is 105 cm³/mol. The van der Waals surface area contributed by atoms with E-state index in [2.05, 4.69) is 37.0 Å². The van der Waals surface area contributed by atoms with Crippen LogP contribution in [0, 0.1) is 11.8 Å². The van der Waals surface area contributed by atoms with Gasteiger partial charge >= 0.3 is 0 Å². The van der Waals surface area contributed by atoms with Crippen molar-refractivity contribution in [2.75, 3.05) is 6.61 Å². The monoisotopic (exact) mass is 343 g/mol. The lowest BCUT2D eigenvalue weighted by molar-refractivity contribution is -0.125.